The van der Waals surface area contributed by atoms with Crippen LogP contribution < -0.4 is 0 Å². The largest absolute Gasteiger partial charge is 0.394 e. The molecule has 178 valence electrons. The lowest BCUT2D eigenvalue weighted by atomic mass is 9.97. The molecule has 0 saturated carbocycles. The molecule has 2 rings (SSSR count). The summed E-state index contributed by atoms with van der Waals surface area (Å²) in [6.07, 6.45) is -19.1. The van der Waals surface area contributed by atoms with E-state index in [1.54, 1.807) is 0 Å². The lowest BCUT2D eigenvalue weighted by molar-refractivity contribution is -0.361. The van der Waals surface area contributed by atoms with Gasteiger partial charge < -0.3 is 70.0 Å². The van der Waals surface area contributed by atoms with E-state index in [2.05, 4.69) is 0 Å². The molecule has 0 aliphatic carbocycles. The molecule has 2 fully saturated rings. The van der Waals surface area contributed by atoms with Crippen molar-refractivity contribution in [1.29, 1.82) is 0 Å². The number of aliphatic hydroxyl groups excluding tert-OH is 10. The van der Waals surface area contributed by atoms with Crippen molar-refractivity contribution in [3.05, 3.63) is 0 Å². The van der Waals surface area contributed by atoms with Gasteiger partial charge in [0.25, 0.3) is 0 Å². The van der Waals surface area contributed by atoms with E-state index in [-0.39, 0.29) is 0 Å². The third-order valence-electron chi connectivity index (χ3n) is 5.02. The fourth-order valence-electron chi connectivity index (χ4n) is 3.11. The summed E-state index contributed by atoms with van der Waals surface area (Å²) in [5, 5.41) is 97.0. The van der Waals surface area contributed by atoms with Crippen LogP contribution in [-0.2, 0) is 18.9 Å². The zero-order chi connectivity index (χ0) is 22.6. The lowest BCUT2D eigenvalue weighted by Gasteiger charge is -2.46. The molecule has 2 aliphatic rings. The minimum atomic E-state index is -1.81. The first-order chi connectivity index (χ1) is 14.2. The van der Waals surface area contributed by atoms with E-state index >= 15 is 0 Å². The van der Waals surface area contributed by atoms with Crippen molar-refractivity contribution in [2.24, 2.45) is 0 Å². The Hall–Kier alpha value is -0.560. The van der Waals surface area contributed by atoms with Crippen LogP contribution in [-0.4, -0.2) is 151 Å². The fourth-order valence-corrected chi connectivity index (χ4v) is 3.11. The average molecular weight is 446 g/mol. The second-order valence-corrected chi connectivity index (χ2v) is 7.16. The summed E-state index contributed by atoms with van der Waals surface area (Å²) >= 11 is 0. The van der Waals surface area contributed by atoms with Gasteiger partial charge in [-0.25, -0.2) is 0 Å². The molecule has 30 heavy (non-hydrogen) atoms. The summed E-state index contributed by atoms with van der Waals surface area (Å²) in [6, 6.07) is 0. The number of rotatable bonds is 9. The topological polar surface area (TPSA) is 239 Å². The molecule has 0 bridgehead atoms. The van der Waals surface area contributed by atoms with Crippen LogP contribution in [0.3, 0.4) is 0 Å². The van der Waals surface area contributed by atoms with E-state index in [1.807, 2.05) is 0 Å². The Balaban J connectivity index is 2.10. The van der Waals surface area contributed by atoms with Gasteiger partial charge in [0.1, 0.15) is 61.0 Å². The van der Waals surface area contributed by atoms with Crippen LogP contribution in [0.15, 0.2) is 0 Å². The van der Waals surface area contributed by atoms with Gasteiger partial charge in [-0.05, 0) is 0 Å². The fraction of sp³-hybridized carbons (Fsp3) is 1.00. The van der Waals surface area contributed by atoms with Crippen molar-refractivity contribution in [2.75, 3.05) is 26.4 Å². The lowest BCUT2D eigenvalue weighted by Crippen LogP contribution is -2.65. The van der Waals surface area contributed by atoms with Crippen molar-refractivity contribution >= 4 is 0 Å². The predicted octanol–water partition coefficient (Wildman–Crippen LogP) is -6.66. The summed E-state index contributed by atoms with van der Waals surface area (Å²) in [5.74, 6) is 0. The maximum absolute atomic E-state index is 10.5. The number of hydrogen-bond donors (Lipinski definition) is 10. The highest BCUT2D eigenvalue weighted by Crippen LogP contribution is 2.29. The Labute approximate surface area is 171 Å². The van der Waals surface area contributed by atoms with Crippen molar-refractivity contribution in [2.45, 2.75) is 73.6 Å². The van der Waals surface area contributed by atoms with Gasteiger partial charge in [-0.15, -0.1) is 0 Å². The zero-order valence-electron chi connectivity index (χ0n) is 15.9. The normalized spacial score (nSPS) is 44.6. The zero-order valence-corrected chi connectivity index (χ0v) is 15.9. The quantitative estimate of drug-likeness (QED) is 0.158. The highest BCUT2D eigenvalue weighted by atomic mass is 16.7. The first-order valence-corrected chi connectivity index (χ1v) is 9.33. The van der Waals surface area contributed by atoms with Crippen LogP contribution in [0, 0.1) is 0 Å². The smallest absolute Gasteiger partial charge is 0.187 e. The Morgan fingerprint density at radius 2 is 1.23 bits per heavy atom. The van der Waals surface area contributed by atoms with Gasteiger partial charge in [0, 0.05) is 0 Å². The monoisotopic (exact) mass is 446 g/mol. The van der Waals surface area contributed by atoms with E-state index in [1.165, 1.54) is 0 Å². The highest BCUT2D eigenvalue weighted by Gasteiger charge is 2.51. The van der Waals surface area contributed by atoms with Crippen LogP contribution in [0.1, 0.15) is 0 Å². The van der Waals surface area contributed by atoms with E-state index in [9.17, 15) is 46.0 Å². The van der Waals surface area contributed by atoms with Crippen molar-refractivity contribution in [1.82, 2.24) is 0 Å². The van der Waals surface area contributed by atoms with Gasteiger partial charge >= 0.3 is 0 Å². The average Bonchev–Trinajstić information content (AvgIpc) is 2.75. The molecule has 12 atom stereocenters. The van der Waals surface area contributed by atoms with E-state index in [0.717, 1.165) is 0 Å². The molecular formula is C16H30O14. The molecule has 10 N–H and O–H groups in total. The summed E-state index contributed by atoms with van der Waals surface area (Å²) in [7, 11) is 0. The Bertz CT molecular complexity index is 508. The van der Waals surface area contributed by atoms with E-state index in [0.29, 0.717) is 0 Å². The molecule has 14 nitrogen and oxygen atoms in total. The van der Waals surface area contributed by atoms with Gasteiger partial charge in [-0.1, -0.05) is 0 Å². The molecular weight excluding hydrogens is 416 g/mol. The molecule has 2 saturated heterocycles. The van der Waals surface area contributed by atoms with E-state index in [4.69, 9.17) is 24.1 Å². The molecule has 0 aromatic carbocycles. The van der Waals surface area contributed by atoms with Crippen molar-refractivity contribution in [3.8, 4) is 0 Å². The summed E-state index contributed by atoms with van der Waals surface area (Å²) in [6.45, 7) is -2.80. The van der Waals surface area contributed by atoms with E-state index < -0.39 is 100 Å². The van der Waals surface area contributed by atoms with Gasteiger partial charge in [0.2, 0.25) is 0 Å². The molecule has 0 aromatic rings. The molecule has 0 unspecified atom stereocenters. The SMILES string of the molecule is OC[C@@H](O)[C@H](O)CO[C@H]1O[C@H](CO)[C@@H](O)[C@H](O[C@H]2O[C@H](CO)[C@@H](O)[C@H](O)[C@@H]2O)[C@@H]1O. The first kappa shape index (κ1) is 25.7. The number of aliphatic hydroxyl groups is 10. The van der Waals surface area contributed by atoms with Crippen LogP contribution in [0.2, 0.25) is 0 Å². The molecule has 2 aliphatic heterocycles. The summed E-state index contributed by atoms with van der Waals surface area (Å²) in [4.78, 5) is 0. The van der Waals surface area contributed by atoms with Crippen LogP contribution in [0.5, 0.6) is 0 Å². The van der Waals surface area contributed by atoms with Crippen LogP contribution >= 0.6 is 0 Å². The molecule has 0 radical (unpaired) electrons. The maximum Gasteiger partial charge on any atom is 0.187 e. The standard InChI is InChI=1S/C16H30O14/c17-1-5(20)6(21)4-27-15-13(26)14(10(23)8(3-19)28-15)30-16-12(25)11(24)9(22)7(2-18)29-16/h5-26H,1-4H2/t5-,6-,7-,8-,9-,10-,11+,12+,13+,14+,15+,16-/m1/s1. The number of ether oxygens (including phenoxy) is 4. The minimum absolute atomic E-state index is 0.593. The molecule has 14 heteroatoms. The second kappa shape index (κ2) is 11.3. The molecule has 0 spiro atoms. The Morgan fingerprint density at radius 1 is 0.667 bits per heavy atom. The molecule has 0 aromatic heterocycles. The maximum atomic E-state index is 10.5. The van der Waals surface area contributed by atoms with Gasteiger partial charge in [0.05, 0.1) is 26.4 Å². The highest BCUT2D eigenvalue weighted by molar-refractivity contribution is 4.94. The Kier molecular flexibility index (Phi) is 9.72. The van der Waals surface area contributed by atoms with Gasteiger partial charge in [0.15, 0.2) is 12.6 Å². The molecule has 2 heterocycles. The minimum Gasteiger partial charge on any atom is -0.394 e. The van der Waals surface area contributed by atoms with Crippen molar-refractivity contribution < 1.29 is 70.0 Å². The van der Waals surface area contributed by atoms with Crippen LogP contribution in [0.25, 0.3) is 0 Å². The summed E-state index contributed by atoms with van der Waals surface area (Å²) in [5.41, 5.74) is 0. The van der Waals surface area contributed by atoms with Gasteiger partial charge in [-0.2, -0.15) is 0 Å². The van der Waals surface area contributed by atoms with Gasteiger partial charge in [-0.3, -0.25) is 0 Å². The second-order valence-electron chi connectivity index (χ2n) is 7.16. The number of hydrogen-bond acceptors (Lipinski definition) is 14. The molecule has 0 amide bonds. The Morgan fingerprint density at radius 3 is 1.80 bits per heavy atom. The third kappa shape index (κ3) is 5.62. The first-order valence-electron chi connectivity index (χ1n) is 9.33. The van der Waals surface area contributed by atoms with Crippen LogP contribution in [0.4, 0.5) is 0 Å². The summed E-state index contributed by atoms with van der Waals surface area (Å²) < 4.78 is 20.9. The van der Waals surface area contributed by atoms with Crippen molar-refractivity contribution in [3.63, 3.8) is 0 Å². The third-order valence-corrected chi connectivity index (χ3v) is 5.02. The predicted molar refractivity (Wildman–Crippen MR) is 91.5 cm³/mol.